The molecule has 1 aliphatic rings. The first kappa shape index (κ1) is 23.9. The van der Waals surface area contributed by atoms with E-state index in [0.29, 0.717) is 24.0 Å². The van der Waals surface area contributed by atoms with Crippen molar-refractivity contribution in [1.29, 1.82) is 0 Å². The molecule has 2 atom stereocenters. The largest absolute Gasteiger partial charge is 0.497 e. The lowest BCUT2D eigenvalue weighted by atomic mass is 9.88. The van der Waals surface area contributed by atoms with Crippen molar-refractivity contribution in [1.82, 2.24) is 4.90 Å². The van der Waals surface area contributed by atoms with E-state index in [4.69, 9.17) is 9.47 Å². The van der Waals surface area contributed by atoms with E-state index in [1.165, 1.54) is 0 Å². The molecule has 2 aromatic rings. The molecule has 1 fully saturated rings. The molecule has 0 N–H and O–H groups in total. The van der Waals surface area contributed by atoms with Crippen molar-refractivity contribution in [3.63, 3.8) is 0 Å². The number of hydrogen-bond acceptors (Lipinski definition) is 5. The quantitative estimate of drug-likeness (QED) is 0.560. The van der Waals surface area contributed by atoms with Gasteiger partial charge in [-0.3, -0.25) is 14.5 Å². The molecule has 1 saturated heterocycles. The van der Waals surface area contributed by atoms with Crippen LogP contribution in [-0.2, 0) is 0 Å². The van der Waals surface area contributed by atoms with Gasteiger partial charge in [0.2, 0.25) is 0 Å². The SMILES string of the molecule is COc1ccc(C(=O)C[C@H]2CCC[C@@H](CC(=O)c3ccc(OC)cc3)N2C)cc1.Cl. The summed E-state index contributed by atoms with van der Waals surface area (Å²) in [5.41, 5.74) is 1.41. The highest BCUT2D eigenvalue weighted by Crippen LogP contribution is 2.28. The van der Waals surface area contributed by atoms with E-state index in [2.05, 4.69) is 4.90 Å². The van der Waals surface area contributed by atoms with Crippen molar-refractivity contribution in [2.24, 2.45) is 0 Å². The Kier molecular flexibility index (Phi) is 8.88. The average Bonchev–Trinajstić information content (AvgIpc) is 2.76. The van der Waals surface area contributed by atoms with E-state index in [1.807, 2.05) is 55.6 Å². The molecule has 5 nitrogen and oxygen atoms in total. The lowest BCUT2D eigenvalue weighted by Gasteiger charge is -2.39. The average molecular weight is 432 g/mol. The van der Waals surface area contributed by atoms with E-state index in [-0.39, 0.29) is 36.1 Å². The summed E-state index contributed by atoms with van der Waals surface area (Å²) in [5, 5.41) is 0. The van der Waals surface area contributed by atoms with Gasteiger partial charge in [0, 0.05) is 36.1 Å². The third-order valence-electron chi connectivity index (χ3n) is 5.89. The van der Waals surface area contributed by atoms with Gasteiger partial charge >= 0.3 is 0 Å². The first-order chi connectivity index (χ1) is 14.0. The van der Waals surface area contributed by atoms with E-state index in [9.17, 15) is 9.59 Å². The molecule has 1 heterocycles. The van der Waals surface area contributed by atoms with Crippen molar-refractivity contribution < 1.29 is 19.1 Å². The summed E-state index contributed by atoms with van der Waals surface area (Å²) in [6.45, 7) is 0. The number of methoxy groups -OCH3 is 2. The van der Waals surface area contributed by atoms with Crippen molar-refractivity contribution in [3.8, 4) is 11.5 Å². The van der Waals surface area contributed by atoms with E-state index >= 15 is 0 Å². The number of Topliss-reactive ketones (excluding diaryl/α,β-unsaturated/α-hetero) is 2. The van der Waals surface area contributed by atoms with Crippen LogP contribution in [-0.4, -0.2) is 49.8 Å². The van der Waals surface area contributed by atoms with Gasteiger partial charge in [0.1, 0.15) is 11.5 Å². The molecule has 2 aromatic carbocycles. The van der Waals surface area contributed by atoms with Crippen LogP contribution < -0.4 is 9.47 Å². The highest BCUT2D eigenvalue weighted by molar-refractivity contribution is 5.97. The second-order valence-corrected chi connectivity index (χ2v) is 7.62. The minimum atomic E-state index is 0. The number of ether oxygens (including phenoxy) is 2. The van der Waals surface area contributed by atoms with Crippen LogP contribution in [0, 0.1) is 0 Å². The Balaban J connectivity index is 0.00000320. The third kappa shape index (κ3) is 5.83. The Bertz CT molecular complexity index is 766. The number of rotatable bonds is 8. The fourth-order valence-electron chi connectivity index (χ4n) is 4.00. The van der Waals surface area contributed by atoms with E-state index in [1.54, 1.807) is 14.2 Å². The molecule has 3 rings (SSSR count). The minimum Gasteiger partial charge on any atom is -0.497 e. The molecule has 1 aliphatic heterocycles. The number of hydrogen-bond donors (Lipinski definition) is 0. The van der Waals surface area contributed by atoms with Crippen molar-refractivity contribution >= 4 is 24.0 Å². The van der Waals surface area contributed by atoms with Crippen molar-refractivity contribution in [2.75, 3.05) is 21.3 Å². The lowest BCUT2D eigenvalue weighted by molar-refractivity contribution is 0.0723. The molecular weight excluding hydrogens is 402 g/mol. The van der Waals surface area contributed by atoms with Gasteiger partial charge in [-0.1, -0.05) is 6.42 Å². The van der Waals surface area contributed by atoms with Crippen LogP contribution in [0.15, 0.2) is 48.5 Å². The van der Waals surface area contributed by atoms with E-state index in [0.717, 1.165) is 30.8 Å². The zero-order valence-electron chi connectivity index (χ0n) is 17.8. The number of carbonyl (C=O) groups excluding carboxylic acids is 2. The number of piperidine rings is 1. The molecule has 0 saturated carbocycles. The summed E-state index contributed by atoms with van der Waals surface area (Å²) in [5.74, 6) is 1.75. The van der Waals surface area contributed by atoms with Gasteiger partial charge in [-0.2, -0.15) is 0 Å². The second kappa shape index (κ2) is 11.1. The Morgan fingerprint density at radius 3 is 1.50 bits per heavy atom. The smallest absolute Gasteiger partial charge is 0.164 e. The normalized spacial score (nSPS) is 18.9. The third-order valence-corrected chi connectivity index (χ3v) is 5.89. The highest BCUT2D eigenvalue weighted by Gasteiger charge is 2.30. The number of carbonyl (C=O) groups is 2. The van der Waals surface area contributed by atoms with E-state index < -0.39 is 0 Å². The Labute approximate surface area is 184 Å². The Morgan fingerprint density at radius 2 is 1.17 bits per heavy atom. The maximum Gasteiger partial charge on any atom is 0.164 e. The van der Waals surface area contributed by atoms with Crippen LogP contribution in [0.5, 0.6) is 11.5 Å². The number of nitrogens with zero attached hydrogens (tertiary/aromatic N) is 1. The molecule has 0 bridgehead atoms. The van der Waals surface area contributed by atoms with Crippen molar-refractivity contribution in [2.45, 2.75) is 44.2 Å². The molecule has 162 valence electrons. The Hall–Kier alpha value is -2.37. The van der Waals surface area contributed by atoms with Crippen LogP contribution in [0.3, 0.4) is 0 Å². The molecule has 0 unspecified atom stereocenters. The summed E-state index contributed by atoms with van der Waals surface area (Å²) >= 11 is 0. The summed E-state index contributed by atoms with van der Waals surface area (Å²) in [6, 6.07) is 14.8. The zero-order valence-corrected chi connectivity index (χ0v) is 18.6. The van der Waals surface area contributed by atoms with Crippen molar-refractivity contribution in [3.05, 3.63) is 59.7 Å². The lowest BCUT2D eigenvalue weighted by Crippen LogP contribution is -2.45. The fraction of sp³-hybridized carbons (Fsp3) is 0.417. The first-order valence-corrected chi connectivity index (χ1v) is 10.1. The van der Waals surface area contributed by atoms with Gasteiger partial charge in [-0.15, -0.1) is 12.4 Å². The molecule has 0 aromatic heterocycles. The molecule has 0 radical (unpaired) electrons. The van der Waals surface area contributed by atoms with Gasteiger partial charge in [0.25, 0.3) is 0 Å². The summed E-state index contributed by atoms with van der Waals surface area (Å²) < 4.78 is 10.3. The maximum absolute atomic E-state index is 12.7. The topological polar surface area (TPSA) is 55.8 Å². The minimum absolute atomic E-state index is 0. The molecule has 0 aliphatic carbocycles. The van der Waals surface area contributed by atoms with Gasteiger partial charge in [0.05, 0.1) is 14.2 Å². The fourth-order valence-corrected chi connectivity index (χ4v) is 4.00. The molecule has 6 heteroatoms. The Morgan fingerprint density at radius 1 is 0.800 bits per heavy atom. The standard InChI is InChI=1S/C24H29NO4.ClH/c1-25-19(15-23(26)17-7-11-21(28-2)12-8-17)5-4-6-20(25)16-24(27)18-9-13-22(29-3)14-10-18;/h7-14,19-20H,4-6,15-16H2,1-3H3;1H/t19-,20+;. The maximum atomic E-state index is 12.7. The highest BCUT2D eigenvalue weighted by atomic mass is 35.5. The summed E-state index contributed by atoms with van der Waals surface area (Å²) in [7, 11) is 5.26. The summed E-state index contributed by atoms with van der Waals surface area (Å²) in [4.78, 5) is 27.7. The second-order valence-electron chi connectivity index (χ2n) is 7.62. The van der Waals surface area contributed by atoms with Crippen LogP contribution >= 0.6 is 12.4 Å². The molecule has 30 heavy (non-hydrogen) atoms. The van der Waals surface area contributed by atoms with Crippen LogP contribution in [0.1, 0.15) is 52.8 Å². The number of benzene rings is 2. The number of likely N-dealkylation sites (tertiary alicyclic amines) is 1. The van der Waals surface area contributed by atoms with Crippen LogP contribution in [0.4, 0.5) is 0 Å². The van der Waals surface area contributed by atoms with Crippen LogP contribution in [0.2, 0.25) is 0 Å². The predicted molar refractivity (Wildman–Crippen MR) is 120 cm³/mol. The van der Waals surface area contributed by atoms with Crippen LogP contribution in [0.25, 0.3) is 0 Å². The molecule has 0 spiro atoms. The molecular formula is C24H30ClNO4. The zero-order chi connectivity index (χ0) is 20.8. The monoisotopic (exact) mass is 431 g/mol. The van der Waals surface area contributed by atoms with Gasteiger partial charge < -0.3 is 9.47 Å². The predicted octanol–water partition coefficient (Wildman–Crippen LogP) is 4.82. The number of ketones is 2. The van der Waals surface area contributed by atoms with Gasteiger partial charge in [-0.05, 0) is 68.4 Å². The first-order valence-electron chi connectivity index (χ1n) is 10.1. The molecule has 0 amide bonds. The summed E-state index contributed by atoms with van der Waals surface area (Å²) in [6.07, 6.45) is 3.93. The van der Waals surface area contributed by atoms with Gasteiger partial charge in [-0.25, -0.2) is 0 Å². The number of halogens is 1. The van der Waals surface area contributed by atoms with Gasteiger partial charge in [0.15, 0.2) is 11.6 Å².